The van der Waals surface area contributed by atoms with Gasteiger partial charge in [-0.3, -0.25) is 0 Å². The third kappa shape index (κ3) is 1.63. The lowest BCUT2D eigenvalue weighted by Crippen LogP contribution is -2.23. The Hall–Kier alpha value is -1.60. The molecule has 1 nitrogen and oxygen atoms in total. The van der Waals surface area contributed by atoms with Crippen molar-refractivity contribution in [3.8, 4) is 0 Å². The lowest BCUT2D eigenvalue weighted by Gasteiger charge is -2.21. The Bertz CT molecular complexity index is 522. The predicted molar refractivity (Wildman–Crippen MR) is 68.4 cm³/mol. The van der Waals surface area contributed by atoms with E-state index in [9.17, 15) is 0 Å². The Balaban J connectivity index is 2.12. The molecule has 0 radical (unpaired) electrons. The third-order valence-corrected chi connectivity index (χ3v) is 3.22. The molecule has 1 heterocycles. The van der Waals surface area contributed by atoms with Gasteiger partial charge in [-0.2, -0.15) is 0 Å². The second kappa shape index (κ2) is 4.11. The van der Waals surface area contributed by atoms with Crippen LogP contribution >= 0.6 is 0 Å². The fraction of sp³-hybridized carbons (Fsp3) is 0.200. The van der Waals surface area contributed by atoms with Gasteiger partial charge in [0, 0.05) is 12.6 Å². The number of rotatable bonds is 1. The lowest BCUT2D eigenvalue weighted by molar-refractivity contribution is 0.558. The molecule has 1 unspecified atom stereocenters. The van der Waals surface area contributed by atoms with Gasteiger partial charge in [-0.25, -0.2) is 0 Å². The molecule has 0 bridgehead atoms. The molecule has 0 aliphatic carbocycles. The molecule has 2 aromatic carbocycles. The molecule has 1 heteroatoms. The van der Waals surface area contributed by atoms with Gasteiger partial charge >= 0.3 is 0 Å². The Morgan fingerprint density at radius 2 is 1.81 bits per heavy atom. The van der Waals surface area contributed by atoms with Crippen molar-refractivity contribution in [2.24, 2.45) is 0 Å². The highest BCUT2D eigenvalue weighted by Gasteiger charge is 2.13. The van der Waals surface area contributed by atoms with E-state index in [1.807, 2.05) is 0 Å². The summed E-state index contributed by atoms with van der Waals surface area (Å²) < 4.78 is 0. The number of fused-ring (bicyclic) bond motifs is 1. The second-order valence-electron chi connectivity index (χ2n) is 4.24. The van der Waals surface area contributed by atoms with E-state index in [1.54, 1.807) is 0 Å². The fourth-order valence-corrected chi connectivity index (χ4v) is 2.40. The van der Waals surface area contributed by atoms with Crippen molar-refractivity contribution in [2.75, 3.05) is 6.54 Å². The normalized spacial score (nSPS) is 20.1. The first kappa shape index (κ1) is 9.61. The van der Waals surface area contributed by atoms with E-state index in [-0.39, 0.29) is 0 Å². The summed E-state index contributed by atoms with van der Waals surface area (Å²) in [6.07, 6.45) is 5.55. The van der Waals surface area contributed by atoms with Crippen LogP contribution in [0.4, 0.5) is 0 Å². The fourth-order valence-electron chi connectivity index (χ4n) is 2.40. The van der Waals surface area contributed by atoms with Crippen molar-refractivity contribution in [1.82, 2.24) is 5.32 Å². The summed E-state index contributed by atoms with van der Waals surface area (Å²) in [7, 11) is 0. The molecule has 1 aliphatic rings. The van der Waals surface area contributed by atoms with Crippen LogP contribution < -0.4 is 5.32 Å². The zero-order valence-electron chi connectivity index (χ0n) is 9.19. The summed E-state index contributed by atoms with van der Waals surface area (Å²) in [4.78, 5) is 0. The van der Waals surface area contributed by atoms with Crippen molar-refractivity contribution in [1.29, 1.82) is 0 Å². The van der Waals surface area contributed by atoms with Crippen LogP contribution in [0.15, 0.2) is 54.6 Å². The average Bonchev–Trinajstić information content (AvgIpc) is 2.39. The first-order chi connectivity index (χ1) is 7.95. The molecule has 3 rings (SSSR count). The van der Waals surface area contributed by atoms with Gasteiger partial charge < -0.3 is 5.32 Å². The van der Waals surface area contributed by atoms with E-state index in [2.05, 4.69) is 59.9 Å². The van der Waals surface area contributed by atoms with Gasteiger partial charge in [0.1, 0.15) is 0 Å². The molecule has 0 saturated heterocycles. The van der Waals surface area contributed by atoms with Gasteiger partial charge in [0.05, 0.1) is 0 Å². The molecule has 1 atom stereocenters. The van der Waals surface area contributed by atoms with E-state index in [4.69, 9.17) is 0 Å². The van der Waals surface area contributed by atoms with E-state index >= 15 is 0 Å². The summed E-state index contributed by atoms with van der Waals surface area (Å²) in [5.74, 6) is 0. The molecular formula is C15H15N. The monoisotopic (exact) mass is 209 g/mol. The number of benzene rings is 2. The number of hydrogen-bond acceptors (Lipinski definition) is 1. The molecule has 0 fully saturated rings. The molecular weight excluding hydrogens is 194 g/mol. The molecule has 0 spiro atoms. The summed E-state index contributed by atoms with van der Waals surface area (Å²) in [6, 6.07) is 15.6. The minimum atomic E-state index is 0.469. The standard InChI is InChI=1S/C15H15N/c1-2-8-13-12(6-1)7-5-9-14(13)15-10-3-4-11-16-15/h1-9,15-16H,10-11H2. The Labute approximate surface area is 95.8 Å². The Kier molecular flexibility index (Phi) is 2.47. The van der Waals surface area contributed by atoms with Crippen molar-refractivity contribution in [3.63, 3.8) is 0 Å². The summed E-state index contributed by atoms with van der Waals surface area (Å²) >= 11 is 0. The van der Waals surface area contributed by atoms with Gasteiger partial charge in [-0.1, -0.05) is 54.6 Å². The highest BCUT2D eigenvalue weighted by molar-refractivity contribution is 5.86. The third-order valence-electron chi connectivity index (χ3n) is 3.22. The minimum Gasteiger partial charge on any atom is -0.306 e. The van der Waals surface area contributed by atoms with Gasteiger partial charge in [0.2, 0.25) is 0 Å². The van der Waals surface area contributed by atoms with Crippen molar-refractivity contribution in [3.05, 3.63) is 60.2 Å². The van der Waals surface area contributed by atoms with E-state index in [0.717, 1.165) is 13.0 Å². The quantitative estimate of drug-likeness (QED) is 0.709. The van der Waals surface area contributed by atoms with Crippen LogP contribution in [0.25, 0.3) is 10.8 Å². The van der Waals surface area contributed by atoms with Crippen molar-refractivity contribution in [2.45, 2.75) is 12.5 Å². The van der Waals surface area contributed by atoms with Crippen LogP contribution in [-0.4, -0.2) is 6.54 Å². The molecule has 2 aromatic rings. The molecule has 80 valence electrons. The molecule has 16 heavy (non-hydrogen) atoms. The first-order valence-corrected chi connectivity index (χ1v) is 5.81. The molecule has 0 aromatic heterocycles. The first-order valence-electron chi connectivity index (χ1n) is 5.81. The minimum absolute atomic E-state index is 0.469. The largest absolute Gasteiger partial charge is 0.306 e. The lowest BCUT2D eigenvalue weighted by atomic mass is 9.95. The van der Waals surface area contributed by atoms with Crippen LogP contribution in [0.1, 0.15) is 18.0 Å². The molecule has 1 N–H and O–H groups in total. The van der Waals surface area contributed by atoms with Crippen LogP contribution in [0.2, 0.25) is 0 Å². The van der Waals surface area contributed by atoms with E-state index < -0.39 is 0 Å². The van der Waals surface area contributed by atoms with Gasteiger partial charge in [0.25, 0.3) is 0 Å². The zero-order chi connectivity index (χ0) is 10.8. The molecule has 1 aliphatic heterocycles. The maximum atomic E-state index is 3.54. The maximum absolute atomic E-state index is 3.54. The van der Waals surface area contributed by atoms with Crippen molar-refractivity contribution < 1.29 is 0 Å². The molecule has 0 saturated carbocycles. The van der Waals surface area contributed by atoms with Crippen LogP contribution in [0.5, 0.6) is 0 Å². The topological polar surface area (TPSA) is 12.0 Å². The number of hydrogen-bond donors (Lipinski definition) is 1. The second-order valence-corrected chi connectivity index (χ2v) is 4.24. The number of nitrogens with one attached hydrogen (secondary N) is 1. The van der Waals surface area contributed by atoms with Crippen LogP contribution in [0, 0.1) is 0 Å². The van der Waals surface area contributed by atoms with Gasteiger partial charge in [0.15, 0.2) is 0 Å². The summed E-state index contributed by atoms with van der Waals surface area (Å²) in [5.41, 5.74) is 1.42. The highest BCUT2D eigenvalue weighted by Crippen LogP contribution is 2.27. The van der Waals surface area contributed by atoms with Crippen LogP contribution in [0.3, 0.4) is 0 Å². The summed E-state index contributed by atoms with van der Waals surface area (Å²) in [6.45, 7) is 0.980. The molecule has 0 amide bonds. The highest BCUT2D eigenvalue weighted by atomic mass is 14.9. The van der Waals surface area contributed by atoms with E-state index in [0.29, 0.717) is 6.04 Å². The van der Waals surface area contributed by atoms with Gasteiger partial charge in [-0.15, -0.1) is 0 Å². The predicted octanol–water partition coefficient (Wildman–Crippen LogP) is 3.43. The van der Waals surface area contributed by atoms with E-state index in [1.165, 1.54) is 16.3 Å². The smallest absolute Gasteiger partial charge is 0.0363 e. The van der Waals surface area contributed by atoms with Crippen molar-refractivity contribution >= 4 is 10.8 Å². The van der Waals surface area contributed by atoms with Gasteiger partial charge in [-0.05, 0) is 22.8 Å². The Morgan fingerprint density at radius 3 is 2.69 bits per heavy atom. The van der Waals surface area contributed by atoms with Crippen LogP contribution in [-0.2, 0) is 0 Å². The summed E-state index contributed by atoms with van der Waals surface area (Å²) in [5, 5.41) is 6.24. The zero-order valence-corrected chi connectivity index (χ0v) is 9.19. The average molecular weight is 209 g/mol. The maximum Gasteiger partial charge on any atom is 0.0363 e. The SMILES string of the molecule is C1=CCC(c2cccc3ccccc23)NC1. The Morgan fingerprint density at radius 1 is 0.938 bits per heavy atom.